The monoisotopic (exact) mass is 494 g/mol. The summed E-state index contributed by atoms with van der Waals surface area (Å²) in [5.41, 5.74) is 3.01. The lowest BCUT2D eigenvalue weighted by molar-refractivity contribution is 0.0894. The summed E-state index contributed by atoms with van der Waals surface area (Å²) < 4.78 is 3.76. The molecule has 1 amide bonds. The second-order valence-electron chi connectivity index (χ2n) is 11.2. The summed E-state index contributed by atoms with van der Waals surface area (Å²) in [6.45, 7) is 0. The maximum absolute atomic E-state index is 13.3. The van der Waals surface area contributed by atoms with Crippen molar-refractivity contribution in [2.75, 3.05) is 10.6 Å². The van der Waals surface area contributed by atoms with Gasteiger partial charge in [-0.05, 0) is 37.8 Å². The van der Waals surface area contributed by atoms with E-state index in [4.69, 9.17) is 0 Å². The number of carbonyl (C=O) groups is 2. The van der Waals surface area contributed by atoms with Crippen LogP contribution in [0.3, 0.4) is 0 Å². The van der Waals surface area contributed by atoms with Gasteiger partial charge in [0.15, 0.2) is 5.78 Å². The Bertz CT molecular complexity index is 985. The van der Waals surface area contributed by atoms with Gasteiger partial charge in [0.25, 0.3) is 5.91 Å². The molecule has 6 heteroatoms. The van der Waals surface area contributed by atoms with Crippen molar-refractivity contribution in [1.29, 1.82) is 0 Å². The predicted octanol–water partition coefficient (Wildman–Crippen LogP) is 7.46. The lowest BCUT2D eigenvalue weighted by Gasteiger charge is -2.18. The molecule has 2 aliphatic carbocycles. The Morgan fingerprint density at radius 1 is 0.667 bits per heavy atom. The van der Waals surface area contributed by atoms with Crippen LogP contribution in [0.4, 0.5) is 11.4 Å². The minimum atomic E-state index is -0.146. The SMILES string of the molecule is Cn1cc(NC2CCCCCCCC2)cc1C(=O)Nc1cc(C(=O)C2CCCCCCCC2)n(C)c1. The predicted molar refractivity (Wildman–Crippen MR) is 148 cm³/mol. The van der Waals surface area contributed by atoms with Crippen LogP contribution >= 0.6 is 0 Å². The average Bonchev–Trinajstić information content (AvgIpc) is 3.47. The molecule has 2 aromatic rings. The molecule has 0 unspecified atom stereocenters. The van der Waals surface area contributed by atoms with Crippen molar-refractivity contribution >= 4 is 23.1 Å². The number of ketones is 1. The topological polar surface area (TPSA) is 68.1 Å². The van der Waals surface area contributed by atoms with Gasteiger partial charge < -0.3 is 19.8 Å². The first-order valence-corrected chi connectivity index (χ1v) is 14.5. The highest BCUT2D eigenvalue weighted by atomic mass is 16.2. The van der Waals surface area contributed by atoms with Crippen molar-refractivity contribution in [3.63, 3.8) is 0 Å². The van der Waals surface area contributed by atoms with Gasteiger partial charge in [-0.1, -0.05) is 77.0 Å². The first-order valence-electron chi connectivity index (χ1n) is 14.5. The van der Waals surface area contributed by atoms with E-state index < -0.39 is 0 Å². The Morgan fingerprint density at radius 2 is 1.14 bits per heavy atom. The van der Waals surface area contributed by atoms with Gasteiger partial charge >= 0.3 is 0 Å². The number of Topliss-reactive ketones (excluding diaryl/α,β-unsaturated/α-hetero) is 1. The lowest BCUT2D eigenvalue weighted by Crippen LogP contribution is -2.18. The van der Waals surface area contributed by atoms with Gasteiger partial charge in [0.1, 0.15) is 5.69 Å². The van der Waals surface area contributed by atoms with Crippen molar-refractivity contribution in [2.45, 2.75) is 109 Å². The van der Waals surface area contributed by atoms with E-state index in [2.05, 4.69) is 10.6 Å². The molecule has 0 bridgehead atoms. The molecule has 4 rings (SSSR count). The highest BCUT2D eigenvalue weighted by molar-refractivity contribution is 6.05. The first-order chi connectivity index (χ1) is 17.5. The van der Waals surface area contributed by atoms with E-state index >= 15 is 0 Å². The Morgan fingerprint density at radius 3 is 1.75 bits per heavy atom. The molecular weight excluding hydrogens is 448 g/mol. The molecule has 36 heavy (non-hydrogen) atoms. The number of carbonyl (C=O) groups excluding carboxylic acids is 2. The largest absolute Gasteiger partial charge is 0.381 e. The van der Waals surface area contributed by atoms with Crippen molar-refractivity contribution in [3.8, 4) is 0 Å². The van der Waals surface area contributed by atoms with E-state index in [1.165, 1.54) is 77.0 Å². The van der Waals surface area contributed by atoms with Gasteiger partial charge in [-0.2, -0.15) is 0 Å². The molecule has 2 aliphatic rings. The summed E-state index contributed by atoms with van der Waals surface area (Å²) in [7, 11) is 3.82. The minimum absolute atomic E-state index is 0.0966. The number of anilines is 2. The molecule has 0 aliphatic heterocycles. The summed E-state index contributed by atoms with van der Waals surface area (Å²) in [5.74, 6) is 0.173. The zero-order chi connectivity index (χ0) is 25.3. The molecule has 6 nitrogen and oxygen atoms in total. The third-order valence-electron chi connectivity index (χ3n) is 8.20. The molecule has 0 spiro atoms. The first kappa shape index (κ1) is 26.6. The van der Waals surface area contributed by atoms with Crippen LogP contribution in [-0.4, -0.2) is 26.9 Å². The molecule has 0 saturated heterocycles. The summed E-state index contributed by atoms with van der Waals surface area (Å²) >= 11 is 0. The zero-order valence-corrected chi connectivity index (χ0v) is 22.5. The average molecular weight is 495 g/mol. The van der Waals surface area contributed by atoms with E-state index in [1.807, 2.05) is 47.8 Å². The smallest absolute Gasteiger partial charge is 0.272 e. The van der Waals surface area contributed by atoms with E-state index in [9.17, 15) is 9.59 Å². The third kappa shape index (κ3) is 7.27. The Kier molecular flexibility index (Phi) is 9.71. The number of aromatic nitrogens is 2. The fourth-order valence-corrected chi connectivity index (χ4v) is 6.06. The van der Waals surface area contributed by atoms with E-state index in [0.29, 0.717) is 23.1 Å². The van der Waals surface area contributed by atoms with Crippen molar-refractivity contribution < 1.29 is 9.59 Å². The van der Waals surface area contributed by atoms with Crippen LogP contribution in [0.5, 0.6) is 0 Å². The number of hydrogen-bond acceptors (Lipinski definition) is 3. The number of rotatable bonds is 6. The Hall–Kier alpha value is -2.50. The molecule has 198 valence electrons. The van der Waals surface area contributed by atoms with Gasteiger partial charge in [-0.25, -0.2) is 0 Å². The maximum Gasteiger partial charge on any atom is 0.272 e. The van der Waals surface area contributed by atoms with E-state index in [1.54, 1.807) is 0 Å². The number of nitrogens with zero attached hydrogens (tertiary/aromatic N) is 2. The van der Waals surface area contributed by atoms with Gasteiger partial charge in [-0.15, -0.1) is 0 Å². The molecule has 0 atom stereocenters. The molecule has 2 saturated carbocycles. The van der Waals surface area contributed by atoms with Gasteiger partial charge in [0, 0.05) is 38.4 Å². The second kappa shape index (κ2) is 13.2. The van der Waals surface area contributed by atoms with E-state index in [-0.39, 0.29) is 17.6 Å². The number of amides is 1. The molecular formula is C30H46N4O2. The quantitative estimate of drug-likeness (QED) is 0.409. The van der Waals surface area contributed by atoms with Crippen LogP contribution in [0, 0.1) is 5.92 Å². The fourth-order valence-electron chi connectivity index (χ4n) is 6.06. The van der Waals surface area contributed by atoms with Crippen molar-refractivity contribution in [3.05, 3.63) is 35.9 Å². The van der Waals surface area contributed by atoms with Crippen LogP contribution in [-0.2, 0) is 14.1 Å². The maximum atomic E-state index is 13.3. The minimum Gasteiger partial charge on any atom is -0.381 e. The highest BCUT2D eigenvalue weighted by Gasteiger charge is 2.24. The zero-order valence-electron chi connectivity index (χ0n) is 22.5. The van der Waals surface area contributed by atoms with Crippen LogP contribution in [0.2, 0.25) is 0 Å². The molecule has 0 aromatic carbocycles. The third-order valence-corrected chi connectivity index (χ3v) is 8.20. The van der Waals surface area contributed by atoms with Crippen LogP contribution in [0.1, 0.15) is 124 Å². The summed E-state index contributed by atoms with van der Waals surface area (Å²) in [4.78, 5) is 26.5. The number of nitrogens with one attached hydrogen (secondary N) is 2. The summed E-state index contributed by atoms with van der Waals surface area (Å²) in [6.07, 6.45) is 23.4. The molecule has 2 N–H and O–H groups in total. The van der Waals surface area contributed by atoms with Gasteiger partial charge in [-0.3, -0.25) is 9.59 Å². The summed E-state index contributed by atoms with van der Waals surface area (Å²) in [6, 6.07) is 4.28. The Labute approximate surface area is 217 Å². The van der Waals surface area contributed by atoms with Crippen molar-refractivity contribution in [1.82, 2.24) is 9.13 Å². The van der Waals surface area contributed by atoms with Crippen molar-refractivity contribution in [2.24, 2.45) is 20.0 Å². The standard InChI is InChI=1S/C30H46N4O2/c1-33-22-26(19-27(33)29(35)23-15-11-7-3-4-8-12-16-23)32-30(36)28-20-25(21-34(28)2)31-24-17-13-9-5-6-10-14-18-24/h19-24,31H,3-18H2,1-2H3,(H,32,36). The lowest BCUT2D eigenvalue weighted by atomic mass is 9.91. The molecule has 0 radical (unpaired) electrons. The summed E-state index contributed by atoms with van der Waals surface area (Å²) in [5, 5.41) is 6.72. The highest BCUT2D eigenvalue weighted by Crippen LogP contribution is 2.27. The fraction of sp³-hybridized carbons (Fsp3) is 0.667. The second-order valence-corrected chi connectivity index (χ2v) is 11.2. The molecule has 2 heterocycles. The van der Waals surface area contributed by atoms with Crippen LogP contribution in [0.15, 0.2) is 24.5 Å². The number of aryl methyl sites for hydroxylation is 2. The van der Waals surface area contributed by atoms with E-state index in [0.717, 1.165) is 31.4 Å². The van der Waals surface area contributed by atoms with Crippen LogP contribution < -0.4 is 10.6 Å². The molecule has 2 aromatic heterocycles. The number of hydrogen-bond donors (Lipinski definition) is 2. The molecule has 2 fully saturated rings. The van der Waals surface area contributed by atoms with Gasteiger partial charge in [0.05, 0.1) is 17.1 Å². The normalized spacial score (nSPS) is 19.3. The van der Waals surface area contributed by atoms with Crippen LogP contribution in [0.25, 0.3) is 0 Å². The van der Waals surface area contributed by atoms with Gasteiger partial charge in [0.2, 0.25) is 0 Å². The Balaban J connectivity index is 1.38.